The number of para-hydroxylation sites is 1. The van der Waals surface area contributed by atoms with E-state index in [1.54, 1.807) is 0 Å². The first-order chi connectivity index (χ1) is 15.7. The van der Waals surface area contributed by atoms with Gasteiger partial charge < -0.3 is 9.64 Å². The van der Waals surface area contributed by atoms with Gasteiger partial charge in [0.05, 0.1) is 30.0 Å². The molecule has 0 unspecified atom stereocenters. The average molecular weight is 459 g/mol. The van der Waals surface area contributed by atoms with Crippen molar-refractivity contribution in [2.45, 2.75) is 0 Å². The Bertz CT molecular complexity index is 1330. The van der Waals surface area contributed by atoms with E-state index in [1.807, 2.05) is 60.0 Å². The second-order valence-electron chi connectivity index (χ2n) is 7.41. The molecular weight excluding hydrogens is 440 g/mol. The third-order valence-corrected chi connectivity index (χ3v) is 6.47. The first-order valence-corrected chi connectivity index (χ1v) is 11.5. The fourth-order valence-corrected chi connectivity index (χ4v) is 4.63. The topological polar surface area (TPSA) is 62.0 Å². The maximum atomic E-state index is 9.95. The maximum Gasteiger partial charge on any atom is 0.136 e. The summed E-state index contributed by atoms with van der Waals surface area (Å²) in [5, 5.41) is 14.3. The Kier molecular flexibility index (Phi) is 5.87. The van der Waals surface area contributed by atoms with Crippen LogP contribution in [0, 0.1) is 11.3 Å². The minimum atomic E-state index is 0.516. The first kappa shape index (κ1) is 20.7. The zero-order valence-corrected chi connectivity index (χ0v) is 18.7. The van der Waals surface area contributed by atoms with E-state index in [4.69, 9.17) is 26.3 Å². The summed E-state index contributed by atoms with van der Waals surface area (Å²) in [5.41, 5.74) is 4.15. The molecule has 2 aromatic heterocycles. The summed E-state index contributed by atoms with van der Waals surface area (Å²) in [4.78, 5) is 11.9. The van der Waals surface area contributed by atoms with Gasteiger partial charge >= 0.3 is 0 Å². The second-order valence-corrected chi connectivity index (χ2v) is 8.70. The molecule has 0 amide bonds. The molecule has 4 aromatic rings. The Balaban J connectivity index is 1.57. The number of thiazole rings is 1. The number of allylic oxidation sites excluding steroid dienone is 1. The van der Waals surface area contributed by atoms with Crippen LogP contribution in [0.4, 0.5) is 5.82 Å². The zero-order valence-electron chi connectivity index (χ0n) is 17.2. The van der Waals surface area contributed by atoms with Crippen LogP contribution in [0.2, 0.25) is 5.02 Å². The van der Waals surface area contributed by atoms with Gasteiger partial charge in [0.25, 0.3) is 0 Å². The van der Waals surface area contributed by atoms with Crippen molar-refractivity contribution in [1.82, 2.24) is 9.97 Å². The molecule has 0 aliphatic carbocycles. The molecule has 1 saturated heterocycles. The number of pyridine rings is 1. The van der Waals surface area contributed by atoms with Crippen molar-refractivity contribution in [2.75, 3.05) is 31.2 Å². The number of aromatic nitrogens is 2. The number of halogens is 1. The highest BCUT2D eigenvalue weighted by Crippen LogP contribution is 2.31. The molecule has 1 aliphatic rings. The van der Waals surface area contributed by atoms with Gasteiger partial charge in [-0.05, 0) is 30.3 Å². The van der Waals surface area contributed by atoms with Gasteiger partial charge in [-0.15, -0.1) is 11.3 Å². The standard InChI is InChI=1S/C25H19ClN4OS/c26-21-7-5-17(6-8-21)23-16-32-25(29-23)20(15-27)14-19-13-18-3-1-2-4-22(18)28-24(19)30-9-11-31-12-10-30/h1-8,13-14,16H,9-12H2/b20-14+. The van der Waals surface area contributed by atoms with Crippen LogP contribution in [0.3, 0.4) is 0 Å². The Morgan fingerprint density at radius 1 is 1.09 bits per heavy atom. The summed E-state index contributed by atoms with van der Waals surface area (Å²) in [6, 6.07) is 20.0. The summed E-state index contributed by atoms with van der Waals surface area (Å²) in [7, 11) is 0. The SMILES string of the molecule is N#C/C(=C\c1cc2ccccc2nc1N1CCOCC1)c1nc(-c2ccc(Cl)cc2)cs1. The molecule has 7 heteroatoms. The Labute approximate surface area is 195 Å². The lowest BCUT2D eigenvalue weighted by Gasteiger charge is -2.29. The lowest BCUT2D eigenvalue weighted by atomic mass is 10.1. The number of ether oxygens (including phenoxy) is 1. The van der Waals surface area contributed by atoms with Gasteiger partial charge in [0.15, 0.2) is 0 Å². The minimum Gasteiger partial charge on any atom is -0.378 e. The average Bonchev–Trinajstić information content (AvgIpc) is 3.33. The van der Waals surface area contributed by atoms with Crippen molar-refractivity contribution < 1.29 is 4.74 Å². The summed E-state index contributed by atoms with van der Waals surface area (Å²) >= 11 is 7.46. The van der Waals surface area contributed by atoms with Gasteiger partial charge in [-0.2, -0.15) is 5.26 Å². The maximum absolute atomic E-state index is 9.95. The van der Waals surface area contributed by atoms with Crippen molar-refractivity contribution in [3.63, 3.8) is 0 Å². The Morgan fingerprint density at radius 2 is 1.88 bits per heavy atom. The van der Waals surface area contributed by atoms with Crippen molar-refractivity contribution in [2.24, 2.45) is 0 Å². The number of morpholine rings is 1. The molecular formula is C25H19ClN4OS. The van der Waals surface area contributed by atoms with Crippen LogP contribution in [-0.4, -0.2) is 36.3 Å². The summed E-state index contributed by atoms with van der Waals surface area (Å²) < 4.78 is 5.52. The van der Waals surface area contributed by atoms with Crippen LogP contribution >= 0.6 is 22.9 Å². The van der Waals surface area contributed by atoms with E-state index in [2.05, 4.69) is 17.0 Å². The highest BCUT2D eigenvalue weighted by molar-refractivity contribution is 7.11. The molecule has 0 atom stereocenters. The van der Waals surface area contributed by atoms with Gasteiger partial charge in [0, 0.05) is 40.0 Å². The molecule has 158 valence electrons. The number of hydrogen-bond donors (Lipinski definition) is 0. The summed E-state index contributed by atoms with van der Waals surface area (Å²) in [5.74, 6) is 0.870. The molecule has 0 N–H and O–H groups in total. The Hall–Kier alpha value is -3.24. The first-order valence-electron chi connectivity index (χ1n) is 10.3. The van der Waals surface area contributed by atoms with Crippen molar-refractivity contribution >= 4 is 51.3 Å². The third-order valence-electron chi connectivity index (χ3n) is 5.34. The smallest absolute Gasteiger partial charge is 0.136 e. The van der Waals surface area contributed by atoms with Crippen LogP contribution < -0.4 is 4.90 Å². The lowest BCUT2D eigenvalue weighted by Crippen LogP contribution is -2.37. The van der Waals surface area contributed by atoms with E-state index in [-0.39, 0.29) is 0 Å². The van der Waals surface area contributed by atoms with Gasteiger partial charge in [0.1, 0.15) is 16.9 Å². The predicted octanol–water partition coefficient (Wildman–Crippen LogP) is 5.91. The molecule has 3 heterocycles. The summed E-state index contributed by atoms with van der Waals surface area (Å²) in [6.45, 7) is 2.87. The molecule has 0 spiro atoms. The van der Waals surface area contributed by atoms with Crippen LogP contribution in [0.5, 0.6) is 0 Å². The Morgan fingerprint density at radius 3 is 2.66 bits per heavy atom. The monoisotopic (exact) mass is 458 g/mol. The van der Waals surface area contributed by atoms with Gasteiger partial charge in [0.2, 0.25) is 0 Å². The zero-order chi connectivity index (χ0) is 21.9. The number of benzene rings is 2. The molecule has 1 aliphatic heterocycles. The summed E-state index contributed by atoms with van der Waals surface area (Å²) in [6.07, 6.45) is 1.90. The van der Waals surface area contributed by atoms with E-state index in [0.717, 1.165) is 46.6 Å². The number of anilines is 1. The third kappa shape index (κ3) is 4.23. The number of nitriles is 1. The molecule has 32 heavy (non-hydrogen) atoms. The fraction of sp³-hybridized carbons (Fsp3) is 0.160. The second kappa shape index (κ2) is 9.09. The predicted molar refractivity (Wildman–Crippen MR) is 131 cm³/mol. The van der Waals surface area contributed by atoms with Crippen molar-refractivity contribution in [1.29, 1.82) is 5.26 Å². The molecule has 0 saturated carbocycles. The largest absolute Gasteiger partial charge is 0.378 e. The minimum absolute atomic E-state index is 0.516. The number of hydrogen-bond acceptors (Lipinski definition) is 6. The van der Waals surface area contributed by atoms with Crippen LogP contribution in [0.25, 0.3) is 33.8 Å². The molecule has 5 nitrogen and oxygen atoms in total. The number of fused-ring (bicyclic) bond motifs is 1. The quantitative estimate of drug-likeness (QED) is 0.355. The number of rotatable bonds is 4. The van der Waals surface area contributed by atoms with E-state index in [0.29, 0.717) is 28.8 Å². The van der Waals surface area contributed by atoms with Crippen LogP contribution in [-0.2, 0) is 4.74 Å². The van der Waals surface area contributed by atoms with E-state index < -0.39 is 0 Å². The molecule has 1 fully saturated rings. The van der Waals surface area contributed by atoms with Gasteiger partial charge in [-0.3, -0.25) is 0 Å². The van der Waals surface area contributed by atoms with Crippen LogP contribution in [0.1, 0.15) is 10.6 Å². The molecule has 2 aromatic carbocycles. The molecule has 0 bridgehead atoms. The number of nitrogens with zero attached hydrogens (tertiary/aromatic N) is 4. The highest BCUT2D eigenvalue weighted by Gasteiger charge is 2.18. The van der Waals surface area contributed by atoms with E-state index >= 15 is 0 Å². The van der Waals surface area contributed by atoms with E-state index in [1.165, 1.54) is 11.3 Å². The van der Waals surface area contributed by atoms with Gasteiger partial charge in [-0.25, -0.2) is 9.97 Å². The van der Waals surface area contributed by atoms with Crippen molar-refractivity contribution in [3.8, 4) is 17.3 Å². The fourth-order valence-electron chi connectivity index (χ4n) is 3.70. The molecule has 5 rings (SSSR count). The van der Waals surface area contributed by atoms with E-state index in [9.17, 15) is 5.26 Å². The highest BCUT2D eigenvalue weighted by atomic mass is 35.5. The van der Waals surface area contributed by atoms with Crippen LogP contribution in [0.15, 0.2) is 60.0 Å². The van der Waals surface area contributed by atoms with Crippen molar-refractivity contribution in [3.05, 3.63) is 75.6 Å². The lowest BCUT2D eigenvalue weighted by molar-refractivity contribution is 0.122. The van der Waals surface area contributed by atoms with Gasteiger partial charge in [-0.1, -0.05) is 41.9 Å². The molecule has 0 radical (unpaired) electrons. The normalized spacial score (nSPS) is 14.5.